The Labute approximate surface area is 94.1 Å². The van der Waals surface area contributed by atoms with Gasteiger partial charge < -0.3 is 0 Å². The Bertz CT molecular complexity index is 183. The van der Waals surface area contributed by atoms with Gasteiger partial charge in [0.25, 0.3) is 0 Å². The van der Waals surface area contributed by atoms with Crippen molar-refractivity contribution in [1.82, 2.24) is 0 Å². The highest BCUT2D eigenvalue weighted by atomic mass is 16.3. The molecule has 0 aliphatic carbocycles. The Balaban J connectivity index is 3.27. The summed E-state index contributed by atoms with van der Waals surface area (Å²) in [4.78, 5) is 9.89. The van der Waals surface area contributed by atoms with Crippen molar-refractivity contribution in [1.29, 1.82) is 0 Å². The number of nitroso groups, excluding NO2 is 1. The molecule has 88 valence electrons. The summed E-state index contributed by atoms with van der Waals surface area (Å²) in [5.74, 6) is 0.749. The van der Waals surface area contributed by atoms with Crippen LogP contribution in [0.1, 0.15) is 59.3 Å². The monoisotopic (exact) mass is 211 g/mol. The molecule has 1 atom stereocenters. The highest BCUT2D eigenvalue weighted by Crippen LogP contribution is 2.15. The van der Waals surface area contributed by atoms with E-state index in [0.717, 1.165) is 18.8 Å². The highest BCUT2D eigenvalue weighted by Gasteiger charge is 2.01. The molecule has 0 aliphatic rings. The maximum atomic E-state index is 9.89. The largest absolute Gasteiger partial charge is 0.151 e. The normalized spacial score (nSPS) is 12.2. The molecule has 0 bridgehead atoms. The van der Waals surface area contributed by atoms with E-state index in [4.69, 9.17) is 0 Å². The standard InChI is InChI=1S/C13H25NO/c1-12(2)8-5-4-6-9-13(3)10-7-11-14-15/h8,13H,4-7,9-11H2,1-3H3. The third-order valence-electron chi connectivity index (χ3n) is 2.65. The van der Waals surface area contributed by atoms with Crippen molar-refractivity contribution in [3.8, 4) is 0 Å². The van der Waals surface area contributed by atoms with Crippen molar-refractivity contribution >= 4 is 0 Å². The lowest BCUT2D eigenvalue weighted by atomic mass is 9.98. The zero-order chi connectivity index (χ0) is 11.5. The molecular weight excluding hydrogens is 186 g/mol. The molecule has 0 saturated heterocycles. The van der Waals surface area contributed by atoms with E-state index in [0.29, 0.717) is 6.54 Å². The summed E-state index contributed by atoms with van der Waals surface area (Å²) in [6.07, 6.45) is 9.51. The van der Waals surface area contributed by atoms with Gasteiger partial charge in [-0.05, 0) is 45.4 Å². The number of hydrogen-bond acceptors (Lipinski definition) is 2. The Morgan fingerprint density at radius 3 is 2.47 bits per heavy atom. The minimum Gasteiger partial charge on any atom is -0.151 e. The van der Waals surface area contributed by atoms with Crippen LogP contribution < -0.4 is 0 Å². The molecule has 1 unspecified atom stereocenters. The van der Waals surface area contributed by atoms with Crippen LogP contribution >= 0.6 is 0 Å². The van der Waals surface area contributed by atoms with Gasteiger partial charge in [0, 0.05) is 0 Å². The second kappa shape index (κ2) is 9.88. The van der Waals surface area contributed by atoms with Crippen molar-refractivity contribution in [2.24, 2.45) is 11.1 Å². The van der Waals surface area contributed by atoms with Crippen molar-refractivity contribution in [2.45, 2.75) is 59.3 Å². The molecule has 0 aliphatic heterocycles. The first kappa shape index (κ1) is 14.3. The molecule has 0 aromatic carbocycles. The Morgan fingerprint density at radius 2 is 1.87 bits per heavy atom. The number of allylic oxidation sites excluding steroid dienone is 2. The van der Waals surface area contributed by atoms with Gasteiger partial charge in [0.15, 0.2) is 0 Å². The Hall–Kier alpha value is -0.660. The predicted octanol–water partition coefficient (Wildman–Crippen LogP) is 4.70. The van der Waals surface area contributed by atoms with Crippen LogP contribution in [-0.4, -0.2) is 6.54 Å². The molecule has 0 saturated carbocycles. The van der Waals surface area contributed by atoms with E-state index in [1.165, 1.54) is 31.3 Å². The van der Waals surface area contributed by atoms with Gasteiger partial charge in [-0.2, -0.15) is 4.91 Å². The molecule has 0 aromatic rings. The lowest BCUT2D eigenvalue weighted by Crippen LogP contribution is -1.95. The van der Waals surface area contributed by atoms with Crippen LogP contribution in [-0.2, 0) is 0 Å². The van der Waals surface area contributed by atoms with E-state index in [9.17, 15) is 4.91 Å². The number of hydrogen-bond donors (Lipinski definition) is 0. The minimum atomic E-state index is 0.488. The first-order valence-corrected chi connectivity index (χ1v) is 6.09. The van der Waals surface area contributed by atoms with Crippen LogP contribution in [0.4, 0.5) is 0 Å². The third kappa shape index (κ3) is 11.3. The van der Waals surface area contributed by atoms with Gasteiger partial charge in [-0.15, -0.1) is 0 Å². The van der Waals surface area contributed by atoms with Crippen molar-refractivity contribution in [3.05, 3.63) is 16.6 Å². The van der Waals surface area contributed by atoms with Crippen LogP contribution in [0.25, 0.3) is 0 Å². The van der Waals surface area contributed by atoms with Gasteiger partial charge in [0.2, 0.25) is 0 Å². The summed E-state index contributed by atoms with van der Waals surface area (Å²) in [5, 5.41) is 2.88. The molecule has 2 heteroatoms. The number of unbranched alkanes of at least 4 members (excludes halogenated alkanes) is 2. The van der Waals surface area contributed by atoms with Crippen LogP contribution in [0.2, 0.25) is 0 Å². The van der Waals surface area contributed by atoms with Gasteiger partial charge >= 0.3 is 0 Å². The van der Waals surface area contributed by atoms with Crippen LogP contribution in [0.5, 0.6) is 0 Å². The maximum Gasteiger partial charge on any atom is 0.0811 e. The molecule has 0 fully saturated rings. The van der Waals surface area contributed by atoms with E-state index in [2.05, 4.69) is 32.0 Å². The molecule has 0 spiro atoms. The highest BCUT2D eigenvalue weighted by molar-refractivity contribution is 4.92. The molecule has 0 rings (SSSR count). The number of rotatable bonds is 9. The molecule has 0 aromatic heterocycles. The second-order valence-corrected chi connectivity index (χ2v) is 4.67. The lowest BCUT2D eigenvalue weighted by molar-refractivity contribution is 0.456. The average molecular weight is 211 g/mol. The van der Waals surface area contributed by atoms with E-state index >= 15 is 0 Å². The smallest absolute Gasteiger partial charge is 0.0811 e. The quantitative estimate of drug-likeness (QED) is 0.309. The minimum absolute atomic E-state index is 0.488. The predicted molar refractivity (Wildman–Crippen MR) is 67.0 cm³/mol. The summed E-state index contributed by atoms with van der Waals surface area (Å²) >= 11 is 0. The van der Waals surface area contributed by atoms with Crippen molar-refractivity contribution < 1.29 is 0 Å². The van der Waals surface area contributed by atoms with Crippen molar-refractivity contribution in [2.75, 3.05) is 6.54 Å². The fourth-order valence-corrected chi connectivity index (χ4v) is 1.68. The van der Waals surface area contributed by atoms with Gasteiger partial charge in [-0.1, -0.05) is 36.6 Å². The van der Waals surface area contributed by atoms with Crippen LogP contribution in [0.15, 0.2) is 16.8 Å². The van der Waals surface area contributed by atoms with Crippen molar-refractivity contribution in [3.63, 3.8) is 0 Å². The third-order valence-corrected chi connectivity index (χ3v) is 2.65. The average Bonchev–Trinajstić information content (AvgIpc) is 2.17. The van der Waals surface area contributed by atoms with Gasteiger partial charge in [-0.3, -0.25) is 0 Å². The first-order valence-electron chi connectivity index (χ1n) is 6.09. The van der Waals surface area contributed by atoms with Gasteiger partial charge in [0.1, 0.15) is 0 Å². The van der Waals surface area contributed by atoms with E-state index in [1.807, 2.05) is 0 Å². The molecular formula is C13H25NO. The maximum absolute atomic E-state index is 9.89. The zero-order valence-corrected chi connectivity index (χ0v) is 10.5. The first-order chi connectivity index (χ1) is 7.16. The van der Waals surface area contributed by atoms with Crippen LogP contribution in [0.3, 0.4) is 0 Å². The Morgan fingerprint density at radius 1 is 1.20 bits per heavy atom. The fraction of sp³-hybridized carbons (Fsp3) is 0.846. The summed E-state index contributed by atoms with van der Waals surface area (Å²) in [6.45, 7) is 7.05. The topological polar surface area (TPSA) is 29.4 Å². The van der Waals surface area contributed by atoms with E-state index < -0.39 is 0 Å². The zero-order valence-electron chi connectivity index (χ0n) is 10.5. The summed E-state index contributed by atoms with van der Waals surface area (Å²) in [6, 6.07) is 0. The molecule has 2 nitrogen and oxygen atoms in total. The molecule has 15 heavy (non-hydrogen) atoms. The SMILES string of the molecule is CC(C)=CCCCCC(C)CCCN=O. The van der Waals surface area contributed by atoms with E-state index in [1.54, 1.807) is 0 Å². The molecule has 0 radical (unpaired) electrons. The molecule has 0 amide bonds. The van der Waals surface area contributed by atoms with Gasteiger partial charge in [0.05, 0.1) is 6.54 Å². The second-order valence-electron chi connectivity index (χ2n) is 4.67. The van der Waals surface area contributed by atoms with E-state index in [-0.39, 0.29) is 0 Å². The fourth-order valence-electron chi connectivity index (χ4n) is 1.68. The van der Waals surface area contributed by atoms with Crippen LogP contribution in [0, 0.1) is 10.8 Å². The van der Waals surface area contributed by atoms with Gasteiger partial charge in [-0.25, -0.2) is 0 Å². The summed E-state index contributed by atoms with van der Waals surface area (Å²) in [7, 11) is 0. The Kier molecular flexibility index (Phi) is 9.44. The summed E-state index contributed by atoms with van der Waals surface area (Å²) < 4.78 is 0. The number of nitrogens with zero attached hydrogens (tertiary/aromatic N) is 1. The lowest BCUT2D eigenvalue weighted by Gasteiger charge is -2.08. The molecule has 0 N–H and O–H groups in total. The summed E-state index contributed by atoms with van der Waals surface area (Å²) in [5.41, 5.74) is 1.42. The molecule has 0 heterocycles.